The number of halogens is 1. The van der Waals surface area contributed by atoms with Crippen molar-refractivity contribution in [3.63, 3.8) is 0 Å². The maximum Gasteiger partial charge on any atom is 0.234 e. The highest BCUT2D eigenvalue weighted by Crippen LogP contribution is 2.34. The number of hydrogen-bond acceptors (Lipinski definition) is 7. The Morgan fingerprint density at radius 3 is 2.72 bits per heavy atom. The smallest absolute Gasteiger partial charge is 0.234 e. The van der Waals surface area contributed by atoms with Gasteiger partial charge in [-0.2, -0.15) is 4.98 Å². The molecule has 1 amide bonds. The molecule has 3 rings (SSSR count). The molecule has 9 heteroatoms. The Morgan fingerprint density at radius 1 is 1.24 bits per heavy atom. The number of carbonyl (C=O) groups is 1. The van der Waals surface area contributed by atoms with Gasteiger partial charge >= 0.3 is 0 Å². The molecule has 6 nitrogen and oxygen atoms in total. The first-order valence-corrected chi connectivity index (χ1v) is 11.4. The quantitative estimate of drug-likeness (QED) is 0.383. The van der Waals surface area contributed by atoms with E-state index < -0.39 is 0 Å². The van der Waals surface area contributed by atoms with Gasteiger partial charge in [0.05, 0.1) is 5.75 Å². The van der Waals surface area contributed by atoms with Gasteiger partial charge in [0.1, 0.15) is 21.9 Å². The fourth-order valence-electron chi connectivity index (χ4n) is 2.85. The molecular formula is C20H24FN5OS2. The Balaban J connectivity index is 1.72. The number of nitrogens with one attached hydrogen (secondary N) is 1. The second kappa shape index (κ2) is 9.98. The molecule has 0 fully saturated rings. The maximum absolute atomic E-state index is 13.4. The van der Waals surface area contributed by atoms with Crippen LogP contribution in [0, 0.1) is 12.7 Å². The second-order valence-corrected chi connectivity index (χ2v) is 8.55. The molecule has 0 radical (unpaired) electrons. The van der Waals surface area contributed by atoms with Crippen LogP contribution < -0.4 is 10.2 Å². The molecule has 0 aliphatic rings. The molecule has 0 spiro atoms. The Labute approximate surface area is 178 Å². The maximum atomic E-state index is 13.4. The molecule has 1 aromatic carbocycles. The Kier molecular flexibility index (Phi) is 7.38. The van der Waals surface area contributed by atoms with Crippen molar-refractivity contribution in [1.82, 2.24) is 15.0 Å². The van der Waals surface area contributed by atoms with Gasteiger partial charge in [-0.25, -0.2) is 14.4 Å². The van der Waals surface area contributed by atoms with Gasteiger partial charge in [-0.3, -0.25) is 4.79 Å². The van der Waals surface area contributed by atoms with E-state index in [9.17, 15) is 9.18 Å². The molecule has 0 saturated carbocycles. The Morgan fingerprint density at radius 2 is 2.00 bits per heavy atom. The molecule has 0 unspecified atom stereocenters. The number of aryl methyl sites for hydroxylation is 1. The Hall–Kier alpha value is -2.26. The van der Waals surface area contributed by atoms with Crippen molar-refractivity contribution in [3.8, 4) is 0 Å². The third-order valence-electron chi connectivity index (χ3n) is 4.22. The number of amides is 1. The molecule has 0 bridgehead atoms. The van der Waals surface area contributed by atoms with E-state index in [1.807, 2.05) is 6.92 Å². The minimum atomic E-state index is -0.378. The van der Waals surface area contributed by atoms with Gasteiger partial charge in [-0.1, -0.05) is 43.0 Å². The minimum absolute atomic E-state index is 0.170. The van der Waals surface area contributed by atoms with Crippen LogP contribution in [-0.4, -0.2) is 39.7 Å². The zero-order chi connectivity index (χ0) is 20.8. The zero-order valence-electron chi connectivity index (χ0n) is 16.7. The first-order chi connectivity index (χ1) is 14.0. The van der Waals surface area contributed by atoms with Crippen LogP contribution in [0.25, 0.3) is 10.3 Å². The molecule has 0 atom stereocenters. The number of rotatable bonds is 9. The lowest BCUT2D eigenvalue weighted by Gasteiger charge is -2.19. The summed E-state index contributed by atoms with van der Waals surface area (Å²) in [5.74, 6) is -0.418. The zero-order valence-corrected chi connectivity index (χ0v) is 18.4. The number of aromatic nitrogens is 3. The standard InChI is InChI=1S/C20H24FN5OS2/c1-4-8-26(9-5-2)20-25-18-17(29-20)19(23-12-22-18)28-11-16(27)24-15-10-14(21)7-6-13(15)3/h6-7,10,12H,4-5,8-9,11H2,1-3H3,(H,24,27). The average Bonchev–Trinajstić information content (AvgIpc) is 3.14. The summed E-state index contributed by atoms with van der Waals surface area (Å²) in [6, 6.07) is 4.34. The predicted molar refractivity (Wildman–Crippen MR) is 118 cm³/mol. The fraction of sp³-hybridized carbons (Fsp3) is 0.400. The highest BCUT2D eigenvalue weighted by molar-refractivity contribution is 8.00. The van der Waals surface area contributed by atoms with Crippen LogP contribution in [0.1, 0.15) is 32.3 Å². The summed E-state index contributed by atoms with van der Waals surface area (Å²) in [7, 11) is 0. The van der Waals surface area contributed by atoms with Crippen molar-refractivity contribution >= 4 is 50.2 Å². The molecule has 154 valence electrons. The molecule has 0 aliphatic carbocycles. The van der Waals surface area contributed by atoms with Crippen LogP contribution in [0.3, 0.4) is 0 Å². The van der Waals surface area contributed by atoms with Crippen molar-refractivity contribution in [1.29, 1.82) is 0 Å². The molecule has 1 N–H and O–H groups in total. The van der Waals surface area contributed by atoms with Gasteiger partial charge in [-0.05, 0) is 37.5 Å². The van der Waals surface area contributed by atoms with E-state index in [1.165, 1.54) is 30.2 Å². The van der Waals surface area contributed by atoms with Gasteiger partial charge in [0.25, 0.3) is 0 Å². The number of anilines is 2. The van der Waals surface area contributed by atoms with Gasteiger partial charge in [0.15, 0.2) is 10.8 Å². The van der Waals surface area contributed by atoms with E-state index >= 15 is 0 Å². The number of thiazole rings is 1. The van der Waals surface area contributed by atoms with E-state index in [2.05, 4.69) is 39.0 Å². The van der Waals surface area contributed by atoms with E-state index in [0.29, 0.717) is 11.3 Å². The van der Waals surface area contributed by atoms with Crippen LogP contribution in [-0.2, 0) is 4.79 Å². The van der Waals surface area contributed by atoms with Crippen molar-refractivity contribution in [2.45, 2.75) is 38.6 Å². The van der Waals surface area contributed by atoms with Gasteiger partial charge in [0, 0.05) is 18.8 Å². The number of hydrogen-bond donors (Lipinski definition) is 1. The molecule has 0 saturated heterocycles. The third kappa shape index (κ3) is 5.42. The molecule has 2 aromatic heterocycles. The fourth-order valence-corrected chi connectivity index (χ4v) is 4.79. The van der Waals surface area contributed by atoms with Gasteiger partial charge in [-0.15, -0.1) is 0 Å². The second-order valence-electron chi connectivity index (χ2n) is 6.61. The summed E-state index contributed by atoms with van der Waals surface area (Å²) >= 11 is 2.89. The normalized spacial score (nSPS) is 11.0. The Bertz CT molecular complexity index is 988. The van der Waals surface area contributed by atoms with Gasteiger partial charge in [0.2, 0.25) is 5.91 Å². The number of thioether (sulfide) groups is 1. The summed E-state index contributed by atoms with van der Waals surface area (Å²) in [6.07, 6.45) is 3.57. The summed E-state index contributed by atoms with van der Waals surface area (Å²) < 4.78 is 14.3. The van der Waals surface area contributed by atoms with Crippen molar-refractivity contribution in [2.24, 2.45) is 0 Å². The molecule has 2 heterocycles. The largest absolute Gasteiger partial charge is 0.348 e. The van der Waals surface area contributed by atoms with Crippen LogP contribution in [0.15, 0.2) is 29.6 Å². The SMILES string of the molecule is CCCN(CCC)c1nc2ncnc(SCC(=O)Nc3cc(F)ccc3C)c2s1. The minimum Gasteiger partial charge on any atom is -0.348 e. The van der Waals surface area contributed by atoms with Crippen LogP contribution in [0.4, 0.5) is 15.2 Å². The number of benzene rings is 1. The molecule has 3 aromatic rings. The summed E-state index contributed by atoms with van der Waals surface area (Å²) in [5.41, 5.74) is 1.95. The monoisotopic (exact) mass is 433 g/mol. The van der Waals surface area contributed by atoms with Gasteiger partial charge < -0.3 is 10.2 Å². The number of fused-ring (bicyclic) bond motifs is 1. The van der Waals surface area contributed by atoms with Crippen LogP contribution in [0.2, 0.25) is 0 Å². The first-order valence-electron chi connectivity index (χ1n) is 9.57. The summed E-state index contributed by atoms with van der Waals surface area (Å²) in [5, 5.41) is 4.43. The summed E-state index contributed by atoms with van der Waals surface area (Å²) in [4.78, 5) is 27.9. The number of nitrogens with zero attached hydrogens (tertiary/aromatic N) is 4. The lowest BCUT2D eigenvalue weighted by molar-refractivity contribution is -0.113. The molecule has 29 heavy (non-hydrogen) atoms. The lowest BCUT2D eigenvalue weighted by Crippen LogP contribution is -2.24. The predicted octanol–water partition coefficient (Wildman–Crippen LogP) is 4.89. The van der Waals surface area contributed by atoms with Crippen molar-refractivity contribution in [3.05, 3.63) is 35.9 Å². The van der Waals surface area contributed by atoms with E-state index in [0.717, 1.165) is 46.4 Å². The molecule has 0 aliphatic heterocycles. The third-order valence-corrected chi connectivity index (χ3v) is 6.45. The van der Waals surface area contributed by atoms with Crippen LogP contribution >= 0.6 is 23.1 Å². The van der Waals surface area contributed by atoms with E-state index in [1.54, 1.807) is 17.4 Å². The molecular weight excluding hydrogens is 409 g/mol. The van der Waals surface area contributed by atoms with E-state index in [-0.39, 0.29) is 17.5 Å². The van der Waals surface area contributed by atoms with Crippen molar-refractivity contribution < 1.29 is 9.18 Å². The van der Waals surface area contributed by atoms with Crippen LogP contribution in [0.5, 0.6) is 0 Å². The lowest BCUT2D eigenvalue weighted by atomic mass is 10.2. The highest BCUT2D eigenvalue weighted by Gasteiger charge is 2.16. The van der Waals surface area contributed by atoms with Crippen molar-refractivity contribution in [2.75, 3.05) is 29.1 Å². The highest BCUT2D eigenvalue weighted by atomic mass is 32.2. The topological polar surface area (TPSA) is 71.0 Å². The van der Waals surface area contributed by atoms with E-state index in [4.69, 9.17) is 0 Å². The summed E-state index contributed by atoms with van der Waals surface area (Å²) in [6.45, 7) is 8.01. The average molecular weight is 434 g/mol. The first kappa shape index (κ1) is 21.4. The number of carbonyl (C=O) groups excluding carboxylic acids is 1.